The predicted molar refractivity (Wildman–Crippen MR) is 68.2 cm³/mol. The van der Waals surface area contributed by atoms with E-state index in [0.717, 1.165) is 19.3 Å². The Kier molecular flexibility index (Phi) is 5.54. The molecule has 1 rings (SSSR count). The molecule has 96 valence electrons. The standard InChI is InChI=1S/C11H22ClNO2S/c1-9(2)8-16(14,15)13-11-6-4-3-5-10(11)7-12/h9-11,13H,3-8H2,1-2H3. The fraction of sp³-hybridized carbons (Fsp3) is 1.00. The molecular weight excluding hydrogens is 246 g/mol. The Hall–Kier alpha value is 0.200. The molecule has 3 nitrogen and oxygen atoms in total. The van der Waals surface area contributed by atoms with Crippen molar-refractivity contribution in [2.45, 2.75) is 45.6 Å². The third kappa shape index (κ3) is 4.60. The molecule has 0 saturated heterocycles. The second kappa shape index (κ2) is 6.22. The van der Waals surface area contributed by atoms with Crippen LogP contribution in [-0.2, 0) is 10.0 Å². The number of alkyl halides is 1. The van der Waals surface area contributed by atoms with Crippen LogP contribution in [0.1, 0.15) is 39.5 Å². The summed E-state index contributed by atoms with van der Waals surface area (Å²) in [5.74, 6) is 1.22. The SMILES string of the molecule is CC(C)CS(=O)(=O)NC1CCCCC1CCl. The van der Waals surface area contributed by atoms with Crippen LogP contribution < -0.4 is 4.72 Å². The normalized spacial score (nSPS) is 27.2. The van der Waals surface area contributed by atoms with Crippen LogP contribution in [0.2, 0.25) is 0 Å². The number of sulfonamides is 1. The second-order valence-electron chi connectivity index (χ2n) is 5.10. The highest BCUT2D eigenvalue weighted by molar-refractivity contribution is 7.89. The highest BCUT2D eigenvalue weighted by Crippen LogP contribution is 2.26. The Morgan fingerprint density at radius 1 is 1.31 bits per heavy atom. The van der Waals surface area contributed by atoms with Gasteiger partial charge in [0.25, 0.3) is 0 Å². The first-order valence-electron chi connectivity index (χ1n) is 6.00. The van der Waals surface area contributed by atoms with Gasteiger partial charge in [-0.3, -0.25) is 0 Å². The topological polar surface area (TPSA) is 46.2 Å². The van der Waals surface area contributed by atoms with Crippen molar-refractivity contribution in [3.63, 3.8) is 0 Å². The molecule has 5 heteroatoms. The van der Waals surface area contributed by atoms with Gasteiger partial charge in [0.2, 0.25) is 10.0 Å². The molecular formula is C11H22ClNO2S. The molecule has 0 radical (unpaired) electrons. The molecule has 1 aliphatic rings. The minimum Gasteiger partial charge on any atom is -0.212 e. The minimum absolute atomic E-state index is 0.0509. The maximum absolute atomic E-state index is 11.8. The Labute approximate surface area is 104 Å². The third-order valence-electron chi connectivity index (χ3n) is 2.99. The molecule has 1 fully saturated rings. The quantitative estimate of drug-likeness (QED) is 0.778. The highest BCUT2D eigenvalue weighted by atomic mass is 35.5. The number of hydrogen-bond acceptors (Lipinski definition) is 2. The highest BCUT2D eigenvalue weighted by Gasteiger charge is 2.28. The first-order chi connectivity index (χ1) is 7.44. The molecule has 16 heavy (non-hydrogen) atoms. The van der Waals surface area contributed by atoms with Gasteiger partial charge in [-0.05, 0) is 24.7 Å². The van der Waals surface area contributed by atoms with Crippen molar-refractivity contribution in [1.82, 2.24) is 4.72 Å². The summed E-state index contributed by atoms with van der Waals surface area (Å²) in [6.45, 7) is 3.83. The fourth-order valence-corrected chi connectivity index (χ4v) is 4.38. The van der Waals surface area contributed by atoms with Gasteiger partial charge in [-0.25, -0.2) is 13.1 Å². The molecule has 0 bridgehead atoms. The zero-order valence-corrected chi connectivity index (χ0v) is 11.6. The van der Waals surface area contributed by atoms with Gasteiger partial charge in [0.15, 0.2) is 0 Å². The number of hydrogen-bond donors (Lipinski definition) is 1. The van der Waals surface area contributed by atoms with E-state index in [0.29, 0.717) is 11.8 Å². The molecule has 2 unspecified atom stereocenters. The van der Waals surface area contributed by atoms with Gasteiger partial charge >= 0.3 is 0 Å². The van der Waals surface area contributed by atoms with E-state index in [-0.39, 0.29) is 17.7 Å². The summed E-state index contributed by atoms with van der Waals surface area (Å²) in [6.07, 6.45) is 4.23. The van der Waals surface area contributed by atoms with E-state index in [4.69, 9.17) is 11.6 Å². The molecule has 0 aromatic heterocycles. The largest absolute Gasteiger partial charge is 0.212 e. The summed E-state index contributed by atoms with van der Waals surface area (Å²) in [4.78, 5) is 0. The summed E-state index contributed by atoms with van der Waals surface area (Å²) in [5, 5.41) is 0. The van der Waals surface area contributed by atoms with Crippen LogP contribution in [0.3, 0.4) is 0 Å². The summed E-state index contributed by atoms with van der Waals surface area (Å²) < 4.78 is 26.4. The Morgan fingerprint density at radius 2 is 1.94 bits per heavy atom. The van der Waals surface area contributed by atoms with Gasteiger partial charge < -0.3 is 0 Å². The Balaban J connectivity index is 2.57. The molecule has 0 spiro atoms. The summed E-state index contributed by atoms with van der Waals surface area (Å²) in [6, 6.07) is 0.0509. The van der Waals surface area contributed by atoms with Crippen molar-refractivity contribution >= 4 is 21.6 Å². The van der Waals surface area contributed by atoms with Crippen LogP contribution in [0.25, 0.3) is 0 Å². The predicted octanol–water partition coefficient (Wildman–Crippen LogP) is 2.36. The molecule has 1 saturated carbocycles. The van der Waals surface area contributed by atoms with Crippen molar-refractivity contribution in [3.8, 4) is 0 Å². The van der Waals surface area contributed by atoms with Gasteiger partial charge in [0, 0.05) is 11.9 Å². The number of halogens is 1. The monoisotopic (exact) mass is 267 g/mol. The van der Waals surface area contributed by atoms with E-state index in [1.807, 2.05) is 13.8 Å². The van der Waals surface area contributed by atoms with Gasteiger partial charge in [-0.1, -0.05) is 26.7 Å². The van der Waals surface area contributed by atoms with E-state index < -0.39 is 10.0 Å². The van der Waals surface area contributed by atoms with Crippen molar-refractivity contribution in [1.29, 1.82) is 0 Å². The van der Waals surface area contributed by atoms with Gasteiger partial charge in [0.1, 0.15) is 0 Å². The van der Waals surface area contributed by atoms with Gasteiger partial charge in [0.05, 0.1) is 5.75 Å². The van der Waals surface area contributed by atoms with Crippen LogP contribution >= 0.6 is 11.6 Å². The average molecular weight is 268 g/mol. The Bertz CT molecular complexity index is 303. The maximum Gasteiger partial charge on any atom is 0.212 e. The van der Waals surface area contributed by atoms with Crippen LogP contribution in [0.15, 0.2) is 0 Å². The maximum atomic E-state index is 11.8. The first-order valence-corrected chi connectivity index (χ1v) is 8.19. The number of nitrogens with one attached hydrogen (secondary N) is 1. The van der Waals surface area contributed by atoms with Crippen molar-refractivity contribution in [2.75, 3.05) is 11.6 Å². The molecule has 0 aromatic carbocycles. The summed E-state index contributed by atoms with van der Waals surface area (Å²) in [5.41, 5.74) is 0. The number of rotatable bonds is 5. The second-order valence-corrected chi connectivity index (χ2v) is 7.21. The van der Waals surface area contributed by atoms with Crippen molar-refractivity contribution in [2.24, 2.45) is 11.8 Å². The molecule has 0 aliphatic heterocycles. The summed E-state index contributed by atoms with van der Waals surface area (Å²) in [7, 11) is -3.13. The lowest BCUT2D eigenvalue weighted by Gasteiger charge is -2.30. The van der Waals surface area contributed by atoms with E-state index in [9.17, 15) is 8.42 Å². The van der Waals surface area contributed by atoms with Gasteiger partial charge in [-0.15, -0.1) is 11.6 Å². The van der Waals surface area contributed by atoms with E-state index in [2.05, 4.69) is 4.72 Å². The van der Waals surface area contributed by atoms with E-state index >= 15 is 0 Å². The van der Waals surface area contributed by atoms with E-state index in [1.54, 1.807) is 0 Å². The molecule has 0 amide bonds. The lowest BCUT2D eigenvalue weighted by atomic mass is 9.86. The molecule has 1 aliphatic carbocycles. The van der Waals surface area contributed by atoms with Crippen LogP contribution in [0.4, 0.5) is 0 Å². The fourth-order valence-electron chi connectivity index (χ4n) is 2.27. The summed E-state index contributed by atoms with van der Waals surface area (Å²) >= 11 is 5.87. The Morgan fingerprint density at radius 3 is 2.50 bits per heavy atom. The zero-order chi connectivity index (χ0) is 12.2. The van der Waals surface area contributed by atoms with Crippen LogP contribution in [0, 0.1) is 11.8 Å². The third-order valence-corrected chi connectivity index (χ3v) is 5.15. The van der Waals surface area contributed by atoms with E-state index in [1.165, 1.54) is 6.42 Å². The smallest absolute Gasteiger partial charge is 0.212 e. The molecule has 0 heterocycles. The van der Waals surface area contributed by atoms with Gasteiger partial charge in [-0.2, -0.15) is 0 Å². The minimum atomic E-state index is -3.13. The lowest BCUT2D eigenvalue weighted by molar-refractivity contribution is 0.313. The van der Waals surface area contributed by atoms with Crippen LogP contribution in [-0.4, -0.2) is 26.1 Å². The molecule has 1 N–H and O–H groups in total. The first kappa shape index (κ1) is 14.3. The van der Waals surface area contributed by atoms with Crippen LogP contribution in [0.5, 0.6) is 0 Å². The van der Waals surface area contributed by atoms with Crippen molar-refractivity contribution < 1.29 is 8.42 Å². The molecule has 2 atom stereocenters. The average Bonchev–Trinajstić information content (AvgIpc) is 2.15. The molecule has 0 aromatic rings. The zero-order valence-electron chi connectivity index (χ0n) is 10.1. The lowest BCUT2D eigenvalue weighted by Crippen LogP contribution is -2.44. The van der Waals surface area contributed by atoms with Crippen molar-refractivity contribution in [3.05, 3.63) is 0 Å².